The molecular formula is C20H39ClO. The largest absolute Gasteiger partial charge is 0.281 e. The van der Waals surface area contributed by atoms with Gasteiger partial charge in [0.1, 0.15) is 0 Å². The van der Waals surface area contributed by atoms with E-state index < -0.39 is 0 Å². The van der Waals surface area contributed by atoms with Crippen molar-refractivity contribution in [2.45, 2.75) is 111 Å². The summed E-state index contributed by atoms with van der Waals surface area (Å²) in [7, 11) is 0. The third kappa shape index (κ3) is 14.9. The molecule has 0 N–H and O–H groups in total. The molecule has 0 saturated heterocycles. The molecule has 132 valence electrons. The van der Waals surface area contributed by atoms with Crippen molar-refractivity contribution >= 4 is 16.8 Å². The van der Waals surface area contributed by atoms with Gasteiger partial charge >= 0.3 is 0 Å². The van der Waals surface area contributed by atoms with Gasteiger partial charge in [-0.2, -0.15) is 0 Å². The number of halogens is 1. The molecule has 0 aliphatic carbocycles. The highest BCUT2D eigenvalue weighted by atomic mass is 35.5. The van der Waals surface area contributed by atoms with Gasteiger partial charge in [0.05, 0.1) is 0 Å². The van der Waals surface area contributed by atoms with Crippen molar-refractivity contribution in [2.24, 2.45) is 11.8 Å². The molecule has 0 aromatic carbocycles. The van der Waals surface area contributed by atoms with E-state index in [1.807, 2.05) is 0 Å². The molecule has 2 heteroatoms. The fourth-order valence-corrected chi connectivity index (χ4v) is 3.21. The molecule has 0 aromatic heterocycles. The molecule has 0 aromatic rings. The molecular weight excluding hydrogens is 292 g/mol. The second kappa shape index (κ2) is 15.8. The van der Waals surface area contributed by atoms with Crippen LogP contribution >= 0.6 is 11.6 Å². The SMILES string of the molecule is CCCCCCCCC(C)C(C)CCCCCCCC(=O)Cl. The zero-order valence-electron chi connectivity index (χ0n) is 15.3. The maximum absolute atomic E-state index is 10.6. The predicted molar refractivity (Wildman–Crippen MR) is 99.5 cm³/mol. The first-order chi connectivity index (χ1) is 10.6. The van der Waals surface area contributed by atoms with Crippen molar-refractivity contribution in [2.75, 3.05) is 0 Å². The summed E-state index contributed by atoms with van der Waals surface area (Å²) in [5.41, 5.74) is 0. The van der Waals surface area contributed by atoms with Crippen LogP contribution in [0.5, 0.6) is 0 Å². The summed E-state index contributed by atoms with van der Waals surface area (Å²) in [5.74, 6) is 1.74. The van der Waals surface area contributed by atoms with Gasteiger partial charge in [-0.3, -0.25) is 4.79 Å². The van der Waals surface area contributed by atoms with Crippen molar-refractivity contribution in [1.82, 2.24) is 0 Å². The predicted octanol–water partition coefficient (Wildman–Crippen LogP) is 7.51. The van der Waals surface area contributed by atoms with Crippen LogP contribution in [-0.4, -0.2) is 5.24 Å². The van der Waals surface area contributed by atoms with Crippen molar-refractivity contribution in [3.05, 3.63) is 0 Å². The summed E-state index contributed by atoms with van der Waals surface area (Å²) in [4.78, 5) is 10.6. The van der Waals surface area contributed by atoms with E-state index in [-0.39, 0.29) is 5.24 Å². The summed E-state index contributed by atoms with van der Waals surface area (Å²) < 4.78 is 0. The van der Waals surface area contributed by atoms with E-state index in [9.17, 15) is 4.79 Å². The molecule has 0 bridgehead atoms. The molecule has 0 heterocycles. The topological polar surface area (TPSA) is 17.1 Å². The minimum Gasteiger partial charge on any atom is -0.281 e. The second-order valence-electron chi connectivity index (χ2n) is 7.17. The first kappa shape index (κ1) is 22.0. The Bertz CT molecular complexity index is 252. The number of hydrogen-bond acceptors (Lipinski definition) is 1. The molecule has 2 atom stereocenters. The Morgan fingerprint density at radius 2 is 1.14 bits per heavy atom. The lowest BCUT2D eigenvalue weighted by molar-refractivity contribution is -0.111. The monoisotopic (exact) mass is 330 g/mol. The van der Waals surface area contributed by atoms with Gasteiger partial charge in [-0.05, 0) is 29.9 Å². The first-order valence-electron chi connectivity index (χ1n) is 9.76. The number of rotatable bonds is 16. The average Bonchev–Trinajstić information content (AvgIpc) is 2.49. The molecule has 0 aliphatic rings. The fraction of sp³-hybridized carbons (Fsp3) is 0.950. The van der Waals surface area contributed by atoms with Gasteiger partial charge in [-0.25, -0.2) is 0 Å². The van der Waals surface area contributed by atoms with E-state index >= 15 is 0 Å². The molecule has 22 heavy (non-hydrogen) atoms. The van der Waals surface area contributed by atoms with Gasteiger partial charge in [-0.1, -0.05) is 97.8 Å². The van der Waals surface area contributed by atoms with Crippen LogP contribution in [0.4, 0.5) is 0 Å². The summed E-state index contributed by atoms with van der Waals surface area (Å²) in [6, 6.07) is 0. The molecule has 1 nitrogen and oxygen atoms in total. The molecule has 0 amide bonds. The Morgan fingerprint density at radius 3 is 1.59 bits per heavy atom. The molecule has 0 spiro atoms. The lowest BCUT2D eigenvalue weighted by atomic mass is 9.86. The Labute approximate surface area is 144 Å². The highest BCUT2D eigenvalue weighted by Crippen LogP contribution is 2.24. The normalized spacial score (nSPS) is 14.0. The Balaban J connectivity index is 3.38. The summed E-state index contributed by atoms with van der Waals surface area (Å²) in [6.45, 7) is 7.14. The fourth-order valence-electron chi connectivity index (χ4n) is 3.08. The van der Waals surface area contributed by atoms with E-state index in [1.54, 1.807) is 0 Å². The maximum atomic E-state index is 10.6. The van der Waals surface area contributed by atoms with Gasteiger partial charge < -0.3 is 0 Å². The Hall–Kier alpha value is -0.0400. The lowest BCUT2D eigenvalue weighted by Crippen LogP contribution is -2.08. The van der Waals surface area contributed by atoms with Crippen LogP contribution < -0.4 is 0 Å². The van der Waals surface area contributed by atoms with E-state index in [0.717, 1.165) is 24.7 Å². The van der Waals surface area contributed by atoms with Crippen LogP contribution in [0.2, 0.25) is 0 Å². The molecule has 0 saturated carbocycles. The molecule has 0 aliphatic heterocycles. The summed E-state index contributed by atoms with van der Waals surface area (Å²) in [5, 5.41) is -0.183. The molecule has 2 unspecified atom stereocenters. The smallest absolute Gasteiger partial charge is 0.221 e. The molecule has 0 rings (SSSR count). The van der Waals surface area contributed by atoms with Crippen molar-refractivity contribution in [3.63, 3.8) is 0 Å². The zero-order chi connectivity index (χ0) is 16.6. The number of carbonyl (C=O) groups is 1. The van der Waals surface area contributed by atoms with Crippen LogP contribution in [0, 0.1) is 11.8 Å². The van der Waals surface area contributed by atoms with Crippen LogP contribution in [0.25, 0.3) is 0 Å². The van der Waals surface area contributed by atoms with Gasteiger partial charge in [0.25, 0.3) is 0 Å². The van der Waals surface area contributed by atoms with Gasteiger partial charge in [-0.15, -0.1) is 0 Å². The van der Waals surface area contributed by atoms with E-state index in [1.165, 1.54) is 70.6 Å². The van der Waals surface area contributed by atoms with Crippen LogP contribution in [0.15, 0.2) is 0 Å². The number of hydrogen-bond donors (Lipinski definition) is 0. The van der Waals surface area contributed by atoms with E-state index in [4.69, 9.17) is 11.6 Å². The molecule has 0 radical (unpaired) electrons. The second-order valence-corrected chi connectivity index (χ2v) is 7.59. The minimum absolute atomic E-state index is 0.183. The van der Waals surface area contributed by atoms with E-state index in [0.29, 0.717) is 6.42 Å². The van der Waals surface area contributed by atoms with E-state index in [2.05, 4.69) is 20.8 Å². The zero-order valence-corrected chi connectivity index (χ0v) is 16.1. The summed E-state index contributed by atoms with van der Waals surface area (Å²) >= 11 is 5.33. The highest BCUT2D eigenvalue weighted by Gasteiger charge is 2.11. The first-order valence-corrected chi connectivity index (χ1v) is 10.1. The molecule has 0 fully saturated rings. The van der Waals surface area contributed by atoms with Gasteiger partial charge in [0.15, 0.2) is 0 Å². The minimum atomic E-state index is -0.183. The third-order valence-corrected chi connectivity index (χ3v) is 5.21. The standard InChI is InChI=1S/C20H39ClO/c1-4-5-6-7-9-12-15-18(2)19(3)16-13-10-8-11-14-17-20(21)22/h18-19H,4-17H2,1-3H3. The van der Waals surface area contributed by atoms with Crippen molar-refractivity contribution in [1.29, 1.82) is 0 Å². The summed E-state index contributed by atoms with van der Waals surface area (Å²) in [6.07, 6.45) is 17.8. The average molecular weight is 331 g/mol. The van der Waals surface area contributed by atoms with Crippen LogP contribution in [0.1, 0.15) is 111 Å². The van der Waals surface area contributed by atoms with Crippen LogP contribution in [-0.2, 0) is 4.79 Å². The maximum Gasteiger partial charge on any atom is 0.221 e. The quantitative estimate of drug-likeness (QED) is 0.211. The highest BCUT2D eigenvalue weighted by molar-refractivity contribution is 6.63. The number of unbranched alkanes of at least 4 members (excludes halogenated alkanes) is 9. The lowest BCUT2D eigenvalue weighted by Gasteiger charge is -2.19. The van der Waals surface area contributed by atoms with Crippen molar-refractivity contribution in [3.8, 4) is 0 Å². The Kier molecular flexibility index (Phi) is 15.8. The third-order valence-electron chi connectivity index (χ3n) is 5.02. The van der Waals surface area contributed by atoms with Gasteiger partial charge in [0, 0.05) is 6.42 Å². The van der Waals surface area contributed by atoms with Crippen molar-refractivity contribution < 1.29 is 4.79 Å². The number of carbonyl (C=O) groups excluding carboxylic acids is 1. The van der Waals surface area contributed by atoms with Crippen LogP contribution in [0.3, 0.4) is 0 Å². The Morgan fingerprint density at radius 1 is 0.727 bits per heavy atom. The van der Waals surface area contributed by atoms with Gasteiger partial charge in [0.2, 0.25) is 5.24 Å².